The summed E-state index contributed by atoms with van der Waals surface area (Å²) in [6.07, 6.45) is 2.25. The van der Waals surface area contributed by atoms with Gasteiger partial charge in [-0.1, -0.05) is 18.2 Å². The molecule has 0 spiro atoms. The predicted octanol–water partition coefficient (Wildman–Crippen LogP) is 5.16. The first-order valence-electron chi connectivity index (χ1n) is 9.23. The van der Waals surface area contributed by atoms with Crippen LogP contribution in [0.1, 0.15) is 27.2 Å². The Labute approximate surface area is 162 Å². The molecule has 0 fully saturated rings. The molecule has 5 heteroatoms. The van der Waals surface area contributed by atoms with Crippen LogP contribution in [0.15, 0.2) is 59.2 Å². The minimum Gasteiger partial charge on any atom is -0.464 e. The molecule has 0 radical (unpaired) electrons. The highest BCUT2D eigenvalue weighted by molar-refractivity contribution is 5.94. The average molecular weight is 376 g/mol. The smallest absolute Gasteiger partial charge is 0.251 e. The van der Waals surface area contributed by atoms with Crippen LogP contribution < -0.4 is 5.32 Å². The fraction of sp³-hybridized carbons (Fsp3) is 0.174. The molecule has 142 valence electrons. The van der Waals surface area contributed by atoms with E-state index in [1.807, 2.05) is 38.1 Å². The van der Waals surface area contributed by atoms with Gasteiger partial charge in [-0.2, -0.15) is 0 Å². The van der Waals surface area contributed by atoms with E-state index < -0.39 is 0 Å². The number of aromatic amines is 1. The predicted molar refractivity (Wildman–Crippen MR) is 108 cm³/mol. The summed E-state index contributed by atoms with van der Waals surface area (Å²) in [5, 5.41) is 3.86. The van der Waals surface area contributed by atoms with Crippen molar-refractivity contribution in [2.45, 2.75) is 20.3 Å². The third-order valence-electron chi connectivity index (χ3n) is 5.04. The summed E-state index contributed by atoms with van der Waals surface area (Å²) in [5.41, 5.74) is 5.05. The van der Waals surface area contributed by atoms with Crippen LogP contribution in [0.5, 0.6) is 0 Å². The highest BCUT2D eigenvalue weighted by atomic mass is 19.1. The lowest BCUT2D eigenvalue weighted by Crippen LogP contribution is -2.25. The second-order valence-corrected chi connectivity index (χ2v) is 6.90. The van der Waals surface area contributed by atoms with E-state index >= 15 is 0 Å². The van der Waals surface area contributed by atoms with E-state index in [9.17, 15) is 9.18 Å². The molecule has 28 heavy (non-hydrogen) atoms. The molecule has 0 aliphatic carbocycles. The van der Waals surface area contributed by atoms with Gasteiger partial charge in [0.15, 0.2) is 0 Å². The molecule has 4 rings (SSSR count). The largest absolute Gasteiger partial charge is 0.464 e. The van der Waals surface area contributed by atoms with Gasteiger partial charge in [0.25, 0.3) is 5.91 Å². The molecular formula is C23H21FN2O2. The highest BCUT2D eigenvalue weighted by Gasteiger charge is 2.14. The molecule has 0 bridgehead atoms. The summed E-state index contributed by atoms with van der Waals surface area (Å²) in [6.45, 7) is 4.38. The molecular weight excluding hydrogens is 355 g/mol. The zero-order chi connectivity index (χ0) is 19.7. The second kappa shape index (κ2) is 7.35. The first-order chi connectivity index (χ1) is 13.5. The number of H-pyrrole nitrogens is 1. The molecule has 0 aliphatic heterocycles. The van der Waals surface area contributed by atoms with Gasteiger partial charge in [0.05, 0.1) is 11.8 Å². The van der Waals surface area contributed by atoms with Crippen LogP contribution in [0.25, 0.3) is 22.2 Å². The number of rotatable bonds is 5. The summed E-state index contributed by atoms with van der Waals surface area (Å²) >= 11 is 0. The summed E-state index contributed by atoms with van der Waals surface area (Å²) < 4.78 is 19.4. The van der Waals surface area contributed by atoms with Crippen molar-refractivity contribution in [1.82, 2.24) is 10.3 Å². The summed E-state index contributed by atoms with van der Waals surface area (Å²) in [7, 11) is 0. The maximum Gasteiger partial charge on any atom is 0.251 e. The zero-order valence-corrected chi connectivity index (χ0v) is 15.8. The molecule has 0 saturated carbocycles. The Morgan fingerprint density at radius 1 is 1.11 bits per heavy atom. The fourth-order valence-corrected chi connectivity index (χ4v) is 3.59. The lowest BCUT2D eigenvalue weighted by atomic mass is 10.0. The van der Waals surface area contributed by atoms with E-state index in [4.69, 9.17) is 4.42 Å². The van der Waals surface area contributed by atoms with Crippen molar-refractivity contribution in [2.24, 2.45) is 0 Å². The van der Waals surface area contributed by atoms with Crippen molar-refractivity contribution in [1.29, 1.82) is 0 Å². The topological polar surface area (TPSA) is 58.0 Å². The fourth-order valence-electron chi connectivity index (χ4n) is 3.59. The van der Waals surface area contributed by atoms with Crippen LogP contribution in [0.2, 0.25) is 0 Å². The van der Waals surface area contributed by atoms with Crippen molar-refractivity contribution >= 4 is 16.8 Å². The highest BCUT2D eigenvalue weighted by Crippen LogP contribution is 2.28. The van der Waals surface area contributed by atoms with E-state index in [1.54, 1.807) is 24.5 Å². The zero-order valence-electron chi connectivity index (χ0n) is 15.8. The summed E-state index contributed by atoms with van der Waals surface area (Å²) in [4.78, 5) is 15.6. The Morgan fingerprint density at radius 2 is 1.89 bits per heavy atom. The van der Waals surface area contributed by atoms with Crippen LogP contribution in [0.4, 0.5) is 4.39 Å². The van der Waals surface area contributed by atoms with Crippen molar-refractivity contribution in [2.75, 3.05) is 6.54 Å². The molecule has 2 N–H and O–H groups in total. The van der Waals surface area contributed by atoms with Gasteiger partial charge in [0.2, 0.25) is 0 Å². The number of aromatic nitrogens is 1. The number of hydrogen-bond acceptors (Lipinski definition) is 2. The summed E-state index contributed by atoms with van der Waals surface area (Å²) in [6, 6.07) is 14.3. The molecule has 0 unspecified atom stereocenters. The number of amides is 1. The molecule has 0 atom stereocenters. The standard InChI is InChI=1S/C23H21FN2O2/c1-14-5-10-19(24)22-21(14)18(15(2)26-22)11-12-25-23(27)17-8-6-16(7-9-17)20-4-3-13-28-20/h3-10,13,26H,11-12H2,1-2H3,(H,25,27). The van der Waals surface area contributed by atoms with Gasteiger partial charge >= 0.3 is 0 Å². The number of carbonyl (C=O) groups is 1. The minimum absolute atomic E-state index is 0.133. The molecule has 1 amide bonds. The third kappa shape index (κ3) is 3.31. The molecule has 0 aliphatic rings. The Morgan fingerprint density at radius 3 is 2.61 bits per heavy atom. The van der Waals surface area contributed by atoms with E-state index in [2.05, 4.69) is 10.3 Å². The van der Waals surface area contributed by atoms with Gasteiger partial charge in [-0.25, -0.2) is 4.39 Å². The van der Waals surface area contributed by atoms with Crippen LogP contribution in [-0.2, 0) is 6.42 Å². The van der Waals surface area contributed by atoms with E-state index in [0.717, 1.165) is 33.5 Å². The number of carbonyl (C=O) groups excluding carboxylic acids is 1. The van der Waals surface area contributed by atoms with Gasteiger partial charge in [-0.3, -0.25) is 4.79 Å². The lowest BCUT2D eigenvalue weighted by molar-refractivity contribution is 0.0954. The maximum atomic E-state index is 14.1. The number of nitrogens with one attached hydrogen (secondary N) is 2. The van der Waals surface area contributed by atoms with E-state index in [1.165, 1.54) is 6.07 Å². The quantitative estimate of drug-likeness (QED) is 0.506. The Balaban J connectivity index is 1.44. The van der Waals surface area contributed by atoms with Crippen LogP contribution in [0, 0.1) is 19.7 Å². The number of aryl methyl sites for hydroxylation is 2. The van der Waals surface area contributed by atoms with Crippen LogP contribution >= 0.6 is 0 Å². The Bertz CT molecular complexity index is 1130. The van der Waals surface area contributed by atoms with E-state index in [0.29, 0.717) is 24.0 Å². The SMILES string of the molecule is Cc1[nH]c2c(F)ccc(C)c2c1CCNC(=O)c1ccc(-c2ccco2)cc1. The van der Waals surface area contributed by atoms with Gasteiger partial charge in [-0.05, 0) is 61.7 Å². The van der Waals surface area contributed by atoms with Crippen molar-refractivity contribution < 1.29 is 13.6 Å². The third-order valence-corrected chi connectivity index (χ3v) is 5.04. The number of benzene rings is 2. The number of furan rings is 1. The normalized spacial score (nSPS) is 11.1. The van der Waals surface area contributed by atoms with Crippen molar-refractivity contribution in [3.05, 3.63) is 83.0 Å². The molecule has 2 aromatic carbocycles. The molecule has 2 aromatic heterocycles. The number of hydrogen-bond donors (Lipinski definition) is 2. The molecule has 2 heterocycles. The monoisotopic (exact) mass is 376 g/mol. The number of halogens is 1. The lowest BCUT2D eigenvalue weighted by Gasteiger charge is -2.07. The first kappa shape index (κ1) is 18.0. The minimum atomic E-state index is -0.254. The van der Waals surface area contributed by atoms with Gasteiger partial charge in [0.1, 0.15) is 11.6 Å². The molecule has 0 saturated heterocycles. The average Bonchev–Trinajstić information content (AvgIpc) is 3.34. The molecule has 4 nitrogen and oxygen atoms in total. The van der Waals surface area contributed by atoms with Crippen molar-refractivity contribution in [3.63, 3.8) is 0 Å². The molecule has 4 aromatic rings. The van der Waals surface area contributed by atoms with Crippen LogP contribution in [-0.4, -0.2) is 17.4 Å². The van der Waals surface area contributed by atoms with E-state index in [-0.39, 0.29) is 11.7 Å². The first-order valence-corrected chi connectivity index (χ1v) is 9.23. The second-order valence-electron chi connectivity index (χ2n) is 6.90. The summed E-state index contributed by atoms with van der Waals surface area (Å²) in [5.74, 6) is 0.381. The Hall–Kier alpha value is -3.34. The Kier molecular flexibility index (Phi) is 4.74. The van der Waals surface area contributed by atoms with Crippen LogP contribution in [0.3, 0.4) is 0 Å². The maximum absolute atomic E-state index is 14.1. The number of fused-ring (bicyclic) bond motifs is 1. The van der Waals surface area contributed by atoms with Gasteiger partial charge < -0.3 is 14.7 Å². The van der Waals surface area contributed by atoms with Crippen molar-refractivity contribution in [3.8, 4) is 11.3 Å². The van der Waals surface area contributed by atoms with Gasteiger partial charge in [-0.15, -0.1) is 0 Å². The van der Waals surface area contributed by atoms with Gasteiger partial charge in [0, 0.05) is 28.8 Å².